The topological polar surface area (TPSA) is 110 Å². The fourth-order valence-corrected chi connectivity index (χ4v) is 2.80. The van der Waals surface area contributed by atoms with E-state index < -0.39 is 10.0 Å². The molecule has 0 aliphatic carbocycles. The van der Waals surface area contributed by atoms with Crippen molar-refractivity contribution in [2.45, 2.75) is 18.4 Å². The number of rotatable bonds is 6. The van der Waals surface area contributed by atoms with Gasteiger partial charge >= 0.3 is 0 Å². The summed E-state index contributed by atoms with van der Waals surface area (Å²) < 4.78 is 27.7. The summed E-state index contributed by atoms with van der Waals surface area (Å²) in [6.45, 7) is 2.15. The van der Waals surface area contributed by atoms with Crippen LogP contribution in [-0.2, 0) is 17.1 Å². The number of nitrogens with one attached hydrogen (secondary N) is 1. The Labute approximate surface area is 101 Å². The number of sulfonamides is 1. The van der Waals surface area contributed by atoms with E-state index in [0.717, 1.165) is 0 Å². The Morgan fingerprint density at radius 3 is 2.76 bits per heavy atom. The molecule has 0 saturated carbocycles. The Balaban J connectivity index is 2.76. The first-order valence-electron chi connectivity index (χ1n) is 5.25. The van der Waals surface area contributed by atoms with Crippen molar-refractivity contribution in [2.24, 2.45) is 13.0 Å². The van der Waals surface area contributed by atoms with Crippen LogP contribution in [0.4, 0.5) is 5.82 Å². The molecule has 7 nitrogen and oxygen atoms in total. The van der Waals surface area contributed by atoms with Crippen molar-refractivity contribution in [3.8, 4) is 0 Å². The number of aliphatic hydroxyl groups excluding tert-OH is 1. The fourth-order valence-electron chi connectivity index (χ4n) is 1.41. The lowest BCUT2D eigenvalue weighted by Gasteiger charge is -2.12. The van der Waals surface area contributed by atoms with Crippen LogP contribution in [0.25, 0.3) is 0 Å². The second kappa shape index (κ2) is 5.48. The fraction of sp³-hybridized carbons (Fsp3) is 0.667. The minimum absolute atomic E-state index is 0.0187. The quantitative estimate of drug-likeness (QED) is 0.628. The summed E-state index contributed by atoms with van der Waals surface area (Å²) in [5, 5.41) is 8.69. The van der Waals surface area contributed by atoms with Crippen molar-refractivity contribution in [1.29, 1.82) is 0 Å². The van der Waals surface area contributed by atoms with Gasteiger partial charge in [0.2, 0.25) is 0 Å². The highest BCUT2D eigenvalue weighted by Crippen LogP contribution is 2.15. The number of aliphatic hydroxyl groups is 1. The number of aromatic nitrogens is 2. The van der Waals surface area contributed by atoms with E-state index in [1.165, 1.54) is 10.9 Å². The van der Waals surface area contributed by atoms with E-state index in [0.29, 0.717) is 6.42 Å². The summed E-state index contributed by atoms with van der Waals surface area (Å²) >= 11 is 0. The Bertz CT molecular complexity index is 449. The third-order valence-electron chi connectivity index (χ3n) is 2.41. The maximum atomic E-state index is 11.9. The molecule has 1 aromatic heterocycles. The molecule has 1 aromatic rings. The largest absolute Gasteiger partial charge is 0.396 e. The highest BCUT2D eigenvalue weighted by Gasteiger charge is 2.22. The molecule has 0 radical (unpaired) electrons. The molecule has 17 heavy (non-hydrogen) atoms. The summed E-state index contributed by atoms with van der Waals surface area (Å²) in [6.07, 6.45) is 1.89. The number of aryl methyl sites for hydroxylation is 1. The number of nitrogens with two attached hydrogens (primary N) is 1. The number of nitrogens with zero attached hydrogens (tertiary/aromatic N) is 2. The summed E-state index contributed by atoms with van der Waals surface area (Å²) in [5.74, 6) is 0.0408. The number of nitrogen functional groups attached to an aromatic ring is 1. The van der Waals surface area contributed by atoms with Crippen LogP contribution in [0.1, 0.15) is 13.3 Å². The summed E-state index contributed by atoms with van der Waals surface area (Å²) in [7, 11) is -2.08. The SMILES string of the molecule is CC(CCO)CNS(=O)(=O)c1c(N)ncn1C. The molecule has 1 heterocycles. The standard InChI is InChI=1S/C9H18N4O3S/c1-7(3-4-14)5-12-17(15,16)9-8(10)11-6-13(9)2/h6-7,12,14H,3-5,10H2,1-2H3. The van der Waals surface area contributed by atoms with Gasteiger partial charge in [-0.25, -0.2) is 18.1 Å². The third kappa shape index (κ3) is 3.42. The van der Waals surface area contributed by atoms with Gasteiger partial charge in [0, 0.05) is 20.2 Å². The number of hydrogen-bond donors (Lipinski definition) is 3. The lowest BCUT2D eigenvalue weighted by atomic mass is 10.1. The van der Waals surface area contributed by atoms with Gasteiger partial charge in [0.25, 0.3) is 10.0 Å². The van der Waals surface area contributed by atoms with Gasteiger partial charge in [0.1, 0.15) is 0 Å². The first-order chi connectivity index (χ1) is 7.88. The molecule has 0 aliphatic heterocycles. The molecule has 0 aromatic carbocycles. The summed E-state index contributed by atoms with van der Waals surface area (Å²) in [5.41, 5.74) is 5.50. The molecule has 1 unspecified atom stereocenters. The first kappa shape index (κ1) is 13.9. The number of imidazole rings is 1. The minimum atomic E-state index is -3.65. The molecular formula is C9H18N4O3S. The van der Waals surface area contributed by atoms with Gasteiger partial charge in [0.15, 0.2) is 10.8 Å². The molecule has 0 amide bonds. The van der Waals surface area contributed by atoms with Crippen molar-refractivity contribution in [2.75, 3.05) is 18.9 Å². The van der Waals surface area contributed by atoms with Crippen LogP contribution in [0.5, 0.6) is 0 Å². The van der Waals surface area contributed by atoms with Gasteiger partial charge in [-0.1, -0.05) is 6.92 Å². The van der Waals surface area contributed by atoms with Crippen LogP contribution in [0.2, 0.25) is 0 Å². The van der Waals surface area contributed by atoms with Crippen LogP contribution >= 0.6 is 0 Å². The Kier molecular flexibility index (Phi) is 4.49. The van der Waals surface area contributed by atoms with E-state index in [-0.39, 0.29) is 29.9 Å². The maximum Gasteiger partial charge on any atom is 0.260 e. The zero-order chi connectivity index (χ0) is 13.1. The zero-order valence-corrected chi connectivity index (χ0v) is 10.7. The Morgan fingerprint density at radius 1 is 1.65 bits per heavy atom. The lowest BCUT2D eigenvalue weighted by molar-refractivity contribution is 0.263. The summed E-state index contributed by atoms with van der Waals surface area (Å²) in [4.78, 5) is 3.73. The van der Waals surface area contributed by atoms with Gasteiger partial charge in [-0.05, 0) is 12.3 Å². The molecular weight excluding hydrogens is 244 g/mol. The van der Waals surface area contributed by atoms with Crippen LogP contribution in [-0.4, -0.2) is 36.2 Å². The van der Waals surface area contributed by atoms with Crippen molar-refractivity contribution in [3.05, 3.63) is 6.33 Å². The van der Waals surface area contributed by atoms with E-state index in [9.17, 15) is 8.42 Å². The predicted octanol–water partition coefficient (Wildman–Crippen LogP) is -0.701. The highest BCUT2D eigenvalue weighted by molar-refractivity contribution is 7.89. The Morgan fingerprint density at radius 2 is 2.29 bits per heavy atom. The first-order valence-corrected chi connectivity index (χ1v) is 6.74. The molecule has 0 bridgehead atoms. The van der Waals surface area contributed by atoms with Gasteiger partial charge < -0.3 is 15.4 Å². The minimum Gasteiger partial charge on any atom is -0.396 e. The normalized spacial score (nSPS) is 13.8. The Hall–Kier alpha value is -1.12. The van der Waals surface area contributed by atoms with Crippen LogP contribution in [0.15, 0.2) is 11.4 Å². The highest BCUT2D eigenvalue weighted by atomic mass is 32.2. The second-order valence-electron chi connectivity index (χ2n) is 4.02. The summed E-state index contributed by atoms with van der Waals surface area (Å²) in [6, 6.07) is 0. The monoisotopic (exact) mass is 262 g/mol. The molecule has 8 heteroatoms. The van der Waals surface area contributed by atoms with Crippen molar-refractivity contribution < 1.29 is 13.5 Å². The van der Waals surface area contributed by atoms with Gasteiger partial charge in [-0.3, -0.25) is 0 Å². The maximum absolute atomic E-state index is 11.9. The van der Waals surface area contributed by atoms with Gasteiger partial charge in [-0.15, -0.1) is 0 Å². The molecule has 0 aliphatic rings. The van der Waals surface area contributed by atoms with Gasteiger partial charge in [-0.2, -0.15) is 0 Å². The van der Waals surface area contributed by atoms with Crippen molar-refractivity contribution in [1.82, 2.24) is 14.3 Å². The molecule has 0 spiro atoms. The van der Waals surface area contributed by atoms with E-state index in [1.54, 1.807) is 7.05 Å². The van der Waals surface area contributed by atoms with Crippen molar-refractivity contribution >= 4 is 15.8 Å². The van der Waals surface area contributed by atoms with Gasteiger partial charge in [0.05, 0.1) is 6.33 Å². The second-order valence-corrected chi connectivity index (χ2v) is 5.70. The lowest BCUT2D eigenvalue weighted by Crippen LogP contribution is -2.30. The molecule has 98 valence electrons. The van der Waals surface area contributed by atoms with E-state index in [2.05, 4.69) is 9.71 Å². The molecule has 4 N–H and O–H groups in total. The predicted molar refractivity (Wildman–Crippen MR) is 63.7 cm³/mol. The molecule has 0 saturated heterocycles. The average molecular weight is 262 g/mol. The van der Waals surface area contributed by atoms with E-state index in [1.807, 2.05) is 6.92 Å². The third-order valence-corrected chi connectivity index (χ3v) is 3.96. The van der Waals surface area contributed by atoms with E-state index >= 15 is 0 Å². The molecule has 1 rings (SSSR count). The molecule has 0 fully saturated rings. The van der Waals surface area contributed by atoms with Crippen LogP contribution in [0.3, 0.4) is 0 Å². The zero-order valence-electron chi connectivity index (χ0n) is 9.92. The smallest absolute Gasteiger partial charge is 0.260 e. The molecule has 1 atom stereocenters. The number of hydrogen-bond acceptors (Lipinski definition) is 5. The van der Waals surface area contributed by atoms with Crippen LogP contribution in [0, 0.1) is 5.92 Å². The number of anilines is 1. The average Bonchev–Trinajstić information content (AvgIpc) is 2.57. The van der Waals surface area contributed by atoms with E-state index in [4.69, 9.17) is 10.8 Å². The van der Waals surface area contributed by atoms with Crippen molar-refractivity contribution in [3.63, 3.8) is 0 Å². The van der Waals surface area contributed by atoms with Crippen LogP contribution < -0.4 is 10.5 Å².